The van der Waals surface area contributed by atoms with Gasteiger partial charge in [0.2, 0.25) is 5.89 Å². The Morgan fingerprint density at radius 2 is 2.00 bits per heavy atom. The fraction of sp³-hybridized carbons (Fsp3) is 0.684. The summed E-state index contributed by atoms with van der Waals surface area (Å²) in [5, 5.41) is 8.74. The molecule has 0 spiro atoms. The normalized spacial score (nSPS) is 21.2. The van der Waals surface area contributed by atoms with Gasteiger partial charge < -0.3 is 4.52 Å². The second-order valence-corrected chi connectivity index (χ2v) is 8.03. The Labute approximate surface area is 152 Å². The van der Waals surface area contributed by atoms with Crippen LogP contribution in [0.25, 0.3) is 0 Å². The van der Waals surface area contributed by atoms with Crippen molar-refractivity contribution >= 4 is 0 Å². The van der Waals surface area contributed by atoms with Gasteiger partial charge in [-0.05, 0) is 69.5 Å². The lowest BCUT2D eigenvalue weighted by atomic mass is 9.97. The summed E-state index contributed by atoms with van der Waals surface area (Å²) in [6.07, 6.45) is 7.68. The predicted octanol–water partition coefficient (Wildman–Crippen LogP) is 1.90. The number of nitrogens with zero attached hydrogens (tertiary/aromatic N) is 5. The van der Waals surface area contributed by atoms with E-state index in [9.17, 15) is 4.79 Å². The third kappa shape index (κ3) is 3.32. The SMILES string of the molecule is O=c1cc2c(nn1CC1CCN(Cc3noc(C4CC4)n3)CC1)CCC2. The van der Waals surface area contributed by atoms with E-state index < -0.39 is 0 Å². The van der Waals surface area contributed by atoms with Crippen LogP contribution >= 0.6 is 0 Å². The Morgan fingerprint density at radius 3 is 2.81 bits per heavy atom. The Hall–Kier alpha value is -2.02. The standard InChI is InChI=1S/C19H25N5O2/c25-18-10-15-2-1-3-16(15)21-24(18)11-13-6-8-23(9-7-13)12-17-20-19(26-22-17)14-4-5-14/h10,13-14H,1-9,11-12H2. The molecular weight excluding hydrogens is 330 g/mol. The lowest BCUT2D eigenvalue weighted by molar-refractivity contribution is 0.159. The van der Waals surface area contributed by atoms with Crippen molar-refractivity contribution < 1.29 is 4.52 Å². The molecule has 2 aromatic heterocycles. The number of piperidine rings is 1. The average molecular weight is 355 g/mol. The molecular formula is C19H25N5O2. The molecule has 5 rings (SSSR count). The molecule has 2 aromatic rings. The second kappa shape index (κ2) is 6.61. The molecule has 26 heavy (non-hydrogen) atoms. The smallest absolute Gasteiger partial charge is 0.267 e. The van der Waals surface area contributed by atoms with Crippen LogP contribution in [-0.4, -0.2) is 37.9 Å². The van der Waals surface area contributed by atoms with Gasteiger partial charge in [0.1, 0.15) is 0 Å². The van der Waals surface area contributed by atoms with E-state index in [2.05, 4.69) is 20.1 Å². The molecule has 1 saturated heterocycles. The maximum absolute atomic E-state index is 12.3. The van der Waals surface area contributed by atoms with E-state index in [1.54, 1.807) is 10.7 Å². The quantitative estimate of drug-likeness (QED) is 0.815. The van der Waals surface area contributed by atoms with Crippen molar-refractivity contribution in [2.75, 3.05) is 13.1 Å². The molecule has 7 nitrogen and oxygen atoms in total. The number of hydrogen-bond donors (Lipinski definition) is 0. The molecule has 138 valence electrons. The van der Waals surface area contributed by atoms with Gasteiger partial charge >= 0.3 is 0 Å². The fourth-order valence-corrected chi connectivity index (χ4v) is 4.17. The van der Waals surface area contributed by atoms with Gasteiger partial charge in [-0.15, -0.1) is 0 Å². The van der Waals surface area contributed by atoms with Crippen molar-refractivity contribution in [3.8, 4) is 0 Å². The van der Waals surface area contributed by atoms with Crippen molar-refractivity contribution in [2.45, 2.75) is 64.0 Å². The van der Waals surface area contributed by atoms with Gasteiger partial charge in [0.25, 0.3) is 5.56 Å². The molecule has 0 N–H and O–H groups in total. The minimum absolute atomic E-state index is 0.0625. The van der Waals surface area contributed by atoms with Gasteiger partial charge in [-0.3, -0.25) is 9.69 Å². The van der Waals surface area contributed by atoms with E-state index in [0.29, 0.717) is 11.8 Å². The summed E-state index contributed by atoms with van der Waals surface area (Å²) in [7, 11) is 0. The van der Waals surface area contributed by atoms with Crippen LogP contribution in [0.4, 0.5) is 0 Å². The monoisotopic (exact) mass is 355 g/mol. The summed E-state index contributed by atoms with van der Waals surface area (Å²) in [4.78, 5) is 19.2. The minimum Gasteiger partial charge on any atom is -0.339 e. The summed E-state index contributed by atoms with van der Waals surface area (Å²) in [6.45, 7) is 3.53. The first kappa shape index (κ1) is 16.2. The van der Waals surface area contributed by atoms with Crippen LogP contribution in [0.2, 0.25) is 0 Å². The molecule has 2 aliphatic carbocycles. The number of hydrogen-bond acceptors (Lipinski definition) is 6. The third-order valence-electron chi connectivity index (χ3n) is 5.94. The number of rotatable bonds is 5. The summed E-state index contributed by atoms with van der Waals surface area (Å²) in [6, 6.07) is 1.80. The van der Waals surface area contributed by atoms with E-state index in [1.807, 2.05) is 0 Å². The summed E-state index contributed by atoms with van der Waals surface area (Å²) < 4.78 is 7.05. The van der Waals surface area contributed by atoms with Crippen molar-refractivity contribution in [3.05, 3.63) is 39.4 Å². The summed E-state index contributed by atoms with van der Waals surface area (Å²) in [5.74, 6) is 2.65. The first-order valence-corrected chi connectivity index (χ1v) is 9.89. The summed E-state index contributed by atoms with van der Waals surface area (Å²) >= 11 is 0. The van der Waals surface area contributed by atoms with E-state index in [0.717, 1.165) is 81.3 Å². The Kier molecular flexibility index (Phi) is 4.11. The van der Waals surface area contributed by atoms with Crippen LogP contribution < -0.4 is 5.56 Å². The van der Waals surface area contributed by atoms with Crippen LogP contribution in [0.1, 0.15) is 61.0 Å². The molecule has 0 amide bonds. The molecule has 1 saturated carbocycles. The van der Waals surface area contributed by atoms with Gasteiger partial charge in [0, 0.05) is 18.5 Å². The molecule has 0 unspecified atom stereocenters. The van der Waals surface area contributed by atoms with Crippen LogP contribution in [0.3, 0.4) is 0 Å². The van der Waals surface area contributed by atoms with Crippen LogP contribution in [0.15, 0.2) is 15.4 Å². The minimum atomic E-state index is 0.0625. The Morgan fingerprint density at radius 1 is 1.15 bits per heavy atom. The van der Waals surface area contributed by atoms with Gasteiger partial charge in [0.05, 0.1) is 12.2 Å². The molecule has 3 aliphatic rings. The first-order chi connectivity index (χ1) is 12.7. The van der Waals surface area contributed by atoms with Crippen molar-refractivity contribution in [1.29, 1.82) is 0 Å². The molecule has 0 aromatic carbocycles. The molecule has 0 atom stereocenters. The Balaban J connectivity index is 1.16. The van der Waals surface area contributed by atoms with Crippen molar-refractivity contribution in [1.82, 2.24) is 24.8 Å². The highest BCUT2D eigenvalue weighted by Gasteiger charge is 2.30. The zero-order valence-corrected chi connectivity index (χ0v) is 15.1. The molecule has 1 aliphatic heterocycles. The zero-order chi connectivity index (χ0) is 17.5. The van der Waals surface area contributed by atoms with E-state index in [4.69, 9.17) is 4.52 Å². The van der Waals surface area contributed by atoms with Gasteiger partial charge in [-0.25, -0.2) is 4.68 Å². The highest BCUT2D eigenvalue weighted by Crippen LogP contribution is 2.38. The maximum Gasteiger partial charge on any atom is 0.267 e. The number of likely N-dealkylation sites (tertiary alicyclic amines) is 1. The van der Waals surface area contributed by atoms with Crippen LogP contribution in [-0.2, 0) is 25.9 Å². The third-order valence-corrected chi connectivity index (χ3v) is 5.94. The molecule has 0 radical (unpaired) electrons. The highest BCUT2D eigenvalue weighted by molar-refractivity contribution is 5.22. The van der Waals surface area contributed by atoms with Gasteiger partial charge in [-0.1, -0.05) is 5.16 Å². The summed E-state index contributed by atoms with van der Waals surface area (Å²) in [5.41, 5.74) is 2.35. The fourth-order valence-electron chi connectivity index (χ4n) is 4.17. The molecule has 3 heterocycles. The Bertz CT molecular complexity index is 846. The largest absolute Gasteiger partial charge is 0.339 e. The highest BCUT2D eigenvalue weighted by atomic mass is 16.5. The van der Waals surface area contributed by atoms with E-state index >= 15 is 0 Å². The van der Waals surface area contributed by atoms with E-state index in [1.165, 1.54) is 12.8 Å². The van der Waals surface area contributed by atoms with Crippen molar-refractivity contribution in [3.63, 3.8) is 0 Å². The molecule has 7 heteroatoms. The topological polar surface area (TPSA) is 77.0 Å². The lowest BCUT2D eigenvalue weighted by Gasteiger charge is -2.31. The lowest BCUT2D eigenvalue weighted by Crippen LogP contribution is -2.36. The number of fused-ring (bicyclic) bond motifs is 1. The van der Waals surface area contributed by atoms with Gasteiger partial charge in [-0.2, -0.15) is 10.1 Å². The predicted molar refractivity (Wildman–Crippen MR) is 94.8 cm³/mol. The number of aromatic nitrogens is 4. The van der Waals surface area contributed by atoms with Gasteiger partial charge in [0.15, 0.2) is 5.82 Å². The first-order valence-electron chi connectivity index (χ1n) is 9.89. The zero-order valence-electron chi connectivity index (χ0n) is 15.1. The van der Waals surface area contributed by atoms with Crippen LogP contribution in [0.5, 0.6) is 0 Å². The van der Waals surface area contributed by atoms with Crippen molar-refractivity contribution in [2.24, 2.45) is 5.92 Å². The second-order valence-electron chi connectivity index (χ2n) is 8.03. The average Bonchev–Trinajstić information content (AvgIpc) is 3.23. The maximum atomic E-state index is 12.3. The molecule has 2 fully saturated rings. The molecule has 0 bridgehead atoms. The van der Waals surface area contributed by atoms with Crippen LogP contribution in [0, 0.1) is 5.92 Å². The number of aryl methyl sites for hydroxylation is 2. The van der Waals surface area contributed by atoms with E-state index in [-0.39, 0.29) is 5.56 Å².